The van der Waals surface area contributed by atoms with E-state index < -0.39 is 0 Å². The SMILES string of the molecule is c1ccc(-c2cccc(C3NC(c4ccc5c(c4)sc4ccc(-c6ccccc6)cc45)NC(c4cccc5c4sc4ccccc45)N3)c2)cc1. The Kier molecular flexibility index (Phi) is 7.33. The van der Waals surface area contributed by atoms with Gasteiger partial charge >= 0.3 is 0 Å². The summed E-state index contributed by atoms with van der Waals surface area (Å²) in [6, 6.07) is 59.6. The van der Waals surface area contributed by atoms with Gasteiger partial charge in [-0.15, -0.1) is 22.7 Å². The van der Waals surface area contributed by atoms with Crippen molar-refractivity contribution in [2.24, 2.45) is 0 Å². The summed E-state index contributed by atoms with van der Waals surface area (Å²) in [4.78, 5) is 0. The zero-order valence-electron chi connectivity index (χ0n) is 27.1. The predicted molar refractivity (Wildman–Crippen MR) is 214 cm³/mol. The van der Waals surface area contributed by atoms with Crippen molar-refractivity contribution < 1.29 is 0 Å². The Hall–Kier alpha value is -5.14. The van der Waals surface area contributed by atoms with Crippen LogP contribution in [0.15, 0.2) is 164 Å². The van der Waals surface area contributed by atoms with Crippen molar-refractivity contribution in [2.45, 2.75) is 18.5 Å². The van der Waals surface area contributed by atoms with Gasteiger partial charge in [0, 0.05) is 45.9 Å². The van der Waals surface area contributed by atoms with Gasteiger partial charge < -0.3 is 0 Å². The second kappa shape index (κ2) is 12.3. The molecule has 3 nitrogen and oxygen atoms in total. The smallest absolute Gasteiger partial charge is 0.0878 e. The Morgan fingerprint density at radius 2 is 0.940 bits per heavy atom. The third-order valence-corrected chi connectivity index (χ3v) is 12.4. The molecule has 0 amide bonds. The lowest BCUT2D eigenvalue weighted by molar-refractivity contribution is 0.204. The molecule has 3 N–H and O–H groups in total. The summed E-state index contributed by atoms with van der Waals surface area (Å²) in [5.74, 6) is 0. The molecule has 50 heavy (non-hydrogen) atoms. The molecule has 7 aromatic carbocycles. The van der Waals surface area contributed by atoms with Crippen LogP contribution in [0.1, 0.15) is 35.2 Å². The molecule has 0 saturated carbocycles. The minimum absolute atomic E-state index is 0.0741. The maximum atomic E-state index is 3.99. The van der Waals surface area contributed by atoms with Gasteiger partial charge in [0.25, 0.3) is 0 Å². The first-order valence-corrected chi connectivity index (χ1v) is 18.7. The molecule has 0 radical (unpaired) electrons. The highest BCUT2D eigenvalue weighted by Crippen LogP contribution is 2.41. The van der Waals surface area contributed by atoms with E-state index in [-0.39, 0.29) is 18.5 Å². The quantitative estimate of drug-likeness (QED) is 0.169. The number of benzene rings is 7. The van der Waals surface area contributed by atoms with Crippen LogP contribution in [0.2, 0.25) is 0 Å². The summed E-state index contributed by atoms with van der Waals surface area (Å²) in [5, 5.41) is 17.2. The molecule has 1 fully saturated rings. The minimum atomic E-state index is -0.0780. The zero-order chi connectivity index (χ0) is 33.0. The van der Waals surface area contributed by atoms with Gasteiger partial charge in [-0.2, -0.15) is 0 Å². The van der Waals surface area contributed by atoms with Crippen LogP contribution in [0.4, 0.5) is 0 Å². The highest BCUT2D eigenvalue weighted by molar-refractivity contribution is 7.26. The van der Waals surface area contributed by atoms with Crippen molar-refractivity contribution >= 4 is 63.0 Å². The molecule has 1 aliphatic rings. The largest absolute Gasteiger partial charge is 0.279 e. The van der Waals surface area contributed by atoms with Crippen LogP contribution < -0.4 is 16.0 Å². The lowest BCUT2D eigenvalue weighted by Gasteiger charge is -2.40. The molecule has 5 heteroatoms. The predicted octanol–water partition coefficient (Wildman–Crippen LogP) is 11.9. The number of hydrogen-bond donors (Lipinski definition) is 3. The highest BCUT2D eigenvalue weighted by Gasteiger charge is 2.31. The summed E-state index contributed by atoms with van der Waals surface area (Å²) in [6.45, 7) is 0. The normalized spacial score (nSPS) is 18.0. The van der Waals surface area contributed by atoms with Crippen LogP contribution in [0.3, 0.4) is 0 Å². The Morgan fingerprint density at radius 3 is 1.74 bits per heavy atom. The van der Waals surface area contributed by atoms with E-state index in [1.807, 2.05) is 22.7 Å². The Morgan fingerprint density at radius 1 is 0.340 bits per heavy atom. The number of fused-ring (bicyclic) bond motifs is 6. The van der Waals surface area contributed by atoms with Gasteiger partial charge in [-0.1, -0.05) is 133 Å². The molecule has 3 unspecified atom stereocenters. The third kappa shape index (κ3) is 5.23. The summed E-state index contributed by atoms with van der Waals surface area (Å²) in [7, 11) is 0. The monoisotopic (exact) mass is 679 g/mol. The molecule has 3 heterocycles. The molecule has 0 spiro atoms. The fourth-order valence-corrected chi connectivity index (χ4v) is 9.90. The molecular formula is C45H33N3S2. The highest BCUT2D eigenvalue weighted by atomic mass is 32.1. The average molecular weight is 680 g/mol. The van der Waals surface area contributed by atoms with E-state index in [0.717, 1.165) is 0 Å². The first kappa shape index (κ1) is 29.7. The fraction of sp³-hybridized carbons (Fsp3) is 0.0667. The molecule has 3 atom stereocenters. The van der Waals surface area contributed by atoms with Gasteiger partial charge in [-0.25, -0.2) is 0 Å². The Labute approximate surface area is 298 Å². The minimum Gasteiger partial charge on any atom is -0.279 e. The zero-order valence-corrected chi connectivity index (χ0v) is 28.8. The topological polar surface area (TPSA) is 36.1 Å². The van der Waals surface area contributed by atoms with E-state index >= 15 is 0 Å². The van der Waals surface area contributed by atoms with Gasteiger partial charge in [0.05, 0.1) is 18.5 Å². The van der Waals surface area contributed by atoms with Crippen LogP contribution in [0.5, 0.6) is 0 Å². The Bertz CT molecular complexity index is 2660. The molecule has 1 saturated heterocycles. The molecule has 0 bridgehead atoms. The lowest BCUT2D eigenvalue weighted by atomic mass is 9.99. The van der Waals surface area contributed by atoms with Gasteiger partial charge in [-0.3, -0.25) is 16.0 Å². The molecule has 240 valence electrons. The van der Waals surface area contributed by atoms with Crippen LogP contribution in [0, 0.1) is 0 Å². The molecule has 9 aromatic rings. The van der Waals surface area contributed by atoms with Crippen molar-refractivity contribution in [3.63, 3.8) is 0 Å². The van der Waals surface area contributed by atoms with E-state index in [4.69, 9.17) is 0 Å². The maximum Gasteiger partial charge on any atom is 0.0878 e. The molecule has 10 rings (SSSR count). The molecule has 2 aromatic heterocycles. The van der Waals surface area contributed by atoms with E-state index in [2.05, 4.69) is 180 Å². The van der Waals surface area contributed by atoms with E-state index in [1.165, 1.54) is 79.3 Å². The van der Waals surface area contributed by atoms with E-state index in [1.54, 1.807) is 0 Å². The van der Waals surface area contributed by atoms with Crippen LogP contribution in [-0.2, 0) is 0 Å². The van der Waals surface area contributed by atoms with Crippen molar-refractivity contribution in [3.05, 3.63) is 180 Å². The fourth-order valence-electron chi connectivity index (χ4n) is 7.52. The van der Waals surface area contributed by atoms with Crippen molar-refractivity contribution in [3.8, 4) is 22.3 Å². The van der Waals surface area contributed by atoms with Gasteiger partial charge in [-0.05, 0) is 63.7 Å². The maximum absolute atomic E-state index is 3.99. The van der Waals surface area contributed by atoms with Crippen LogP contribution >= 0.6 is 22.7 Å². The van der Waals surface area contributed by atoms with Crippen molar-refractivity contribution in [1.29, 1.82) is 0 Å². The third-order valence-electron chi connectivity index (χ3n) is 10.0. The summed E-state index contributed by atoms with van der Waals surface area (Å²) in [6.07, 6.45) is -0.230. The van der Waals surface area contributed by atoms with Gasteiger partial charge in [0.15, 0.2) is 0 Å². The van der Waals surface area contributed by atoms with Gasteiger partial charge in [0.2, 0.25) is 0 Å². The summed E-state index contributed by atoms with van der Waals surface area (Å²) in [5.41, 5.74) is 8.65. The summed E-state index contributed by atoms with van der Waals surface area (Å²) < 4.78 is 5.26. The van der Waals surface area contributed by atoms with Crippen LogP contribution in [0.25, 0.3) is 62.6 Å². The second-order valence-corrected chi connectivity index (χ2v) is 15.2. The average Bonchev–Trinajstić information content (AvgIpc) is 3.76. The number of rotatable bonds is 5. The standard InChI is InChI=1S/C45H33N3S2/c1-3-11-28(12-4-1)30-15-9-16-32(25-30)43-46-44(48-45(47-43)37-19-10-18-36-34-17-7-8-20-39(34)50-42(36)37)33-21-23-35-38-26-31(29-13-5-2-6-14-29)22-24-40(38)49-41(35)27-33/h1-27,43-48H. The van der Waals surface area contributed by atoms with Crippen molar-refractivity contribution in [1.82, 2.24) is 16.0 Å². The number of thiophene rings is 2. The second-order valence-electron chi connectivity index (χ2n) is 13.0. The van der Waals surface area contributed by atoms with E-state index in [0.29, 0.717) is 0 Å². The Balaban J connectivity index is 1.07. The first-order chi connectivity index (χ1) is 24.7. The molecule has 1 aliphatic heterocycles. The molecule has 0 aliphatic carbocycles. The molecular weight excluding hydrogens is 647 g/mol. The van der Waals surface area contributed by atoms with Crippen LogP contribution in [-0.4, -0.2) is 0 Å². The number of nitrogens with one attached hydrogen (secondary N) is 3. The lowest BCUT2D eigenvalue weighted by Crippen LogP contribution is -2.54. The van der Waals surface area contributed by atoms with Crippen molar-refractivity contribution in [2.75, 3.05) is 0 Å². The van der Waals surface area contributed by atoms with Gasteiger partial charge in [0.1, 0.15) is 0 Å². The van der Waals surface area contributed by atoms with E-state index in [9.17, 15) is 0 Å². The summed E-state index contributed by atoms with van der Waals surface area (Å²) >= 11 is 3.75. The first-order valence-electron chi connectivity index (χ1n) is 17.1. The number of hydrogen-bond acceptors (Lipinski definition) is 5.